The average molecular weight is 464 g/mol. The van der Waals surface area contributed by atoms with E-state index in [1.165, 1.54) is 0 Å². The van der Waals surface area contributed by atoms with Crippen LogP contribution >= 0.6 is 0 Å². The minimum Gasteiger partial charge on any atom is -0.475 e. The van der Waals surface area contributed by atoms with Gasteiger partial charge in [0.25, 0.3) is 5.91 Å². The van der Waals surface area contributed by atoms with E-state index in [1.54, 1.807) is 11.8 Å². The Balaban J connectivity index is 0.000000383. The number of hydrogen-bond acceptors (Lipinski definition) is 6. The van der Waals surface area contributed by atoms with Crippen molar-refractivity contribution in [2.45, 2.75) is 58.3 Å². The molecule has 1 amide bonds. The molecule has 1 aliphatic rings. The molecule has 1 aliphatic carbocycles. The van der Waals surface area contributed by atoms with E-state index in [4.69, 9.17) is 19.4 Å². The lowest BCUT2D eigenvalue weighted by atomic mass is 10.0. The highest BCUT2D eigenvalue weighted by Gasteiger charge is 2.38. The second-order valence-electron chi connectivity index (χ2n) is 7.95. The van der Waals surface area contributed by atoms with Crippen LogP contribution in [-0.2, 0) is 11.3 Å². The molecule has 0 aliphatic heterocycles. The summed E-state index contributed by atoms with van der Waals surface area (Å²) in [5.74, 6) is -1.28. The van der Waals surface area contributed by atoms with Crippen LogP contribution in [0.1, 0.15) is 60.4 Å². The third-order valence-corrected chi connectivity index (χ3v) is 4.97. The minimum atomic E-state index is -5.08. The molecule has 0 unspecified atom stereocenters. The normalized spacial score (nSPS) is 13.5. The first kappa shape index (κ1) is 24.1. The summed E-state index contributed by atoms with van der Waals surface area (Å²) in [5.41, 5.74) is 2.59. The van der Waals surface area contributed by atoms with Gasteiger partial charge in [0.05, 0.1) is 17.6 Å². The lowest BCUT2D eigenvalue weighted by Crippen LogP contribution is -2.37. The quantitative estimate of drug-likeness (QED) is 0.593. The Kier molecular flexibility index (Phi) is 6.99. The highest BCUT2D eigenvalue weighted by Crippen LogP contribution is 2.40. The highest BCUT2D eigenvalue weighted by molar-refractivity contribution is 6.06. The van der Waals surface area contributed by atoms with Gasteiger partial charge in [0, 0.05) is 30.0 Å². The van der Waals surface area contributed by atoms with E-state index in [1.807, 2.05) is 44.2 Å². The van der Waals surface area contributed by atoms with Crippen LogP contribution in [0.15, 0.2) is 34.9 Å². The number of rotatable bonds is 5. The minimum absolute atomic E-state index is 0.0117. The number of alkyl halides is 3. The van der Waals surface area contributed by atoms with E-state index in [0.29, 0.717) is 29.7 Å². The molecular formula is C22H23F3N4O4. The van der Waals surface area contributed by atoms with Crippen LogP contribution in [0.25, 0.3) is 10.9 Å². The van der Waals surface area contributed by atoms with Gasteiger partial charge in [-0.05, 0) is 38.8 Å². The van der Waals surface area contributed by atoms with Gasteiger partial charge in [0.2, 0.25) is 5.89 Å². The van der Waals surface area contributed by atoms with Gasteiger partial charge in [-0.25, -0.2) is 4.79 Å². The first-order chi connectivity index (χ1) is 15.5. The topological polar surface area (TPSA) is 109 Å². The molecule has 1 fully saturated rings. The second-order valence-corrected chi connectivity index (χ2v) is 7.95. The molecule has 0 spiro atoms. The van der Waals surface area contributed by atoms with Gasteiger partial charge in [0.15, 0.2) is 5.82 Å². The van der Waals surface area contributed by atoms with Crippen molar-refractivity contribution in [2.75, 3.05) is 0 Å². The maximum absolute atomic E-state index is 13.4. The average Bonchev–Trinajstić information content (AvgIpc) is 3.52. The number of aryl methyl sites for hydroxylation is 1. The van der Waals surface area contributed by atoms with E-state index in [9.17, 15) is 18.0 Å². The smallest absolute Gasteiger partial charge is 0.475 e. The van der Waals surface area contributed by atoms with Crippen molar-refractivity contribution in [3.05, 3.63) is 53.3 Å². The lowest BCUT2D eigenvalue weighted by Gasteiger charge is -2.26. The van der Waals surface area contributed by atoms with Gasteiger partial charge in [-0.2, -0.15) is 18.2 Å². The number of fused-ring (bicyclic) bond motifs is 1. The van der Waals surface area contributed by atoms with E-state index in [0.717, 1.165) is 29.4 Å². The number of carbonyl (C=O) groups is 2. The highest BCUT2D eigenvalue weighted by atomic mass is 19.4. The van der Waals surface area contributed by atoms with Crippen molar-refractivity contribution < 1.29 is 32.4 Å². The largest absolute Gasteiger partial charge is 0.490 e. The predicted molar refractivity (Wildman–Crippen MR) is 111 cm³/mol. The van der Waals surface area contributed by atoms with Crippen LogP contribution in [0.3, 0.4) is 0 Å². The number of benzene rings is 1. The summed E-state index contributed by atoms with van der Waals surface area (Å²) >= 11 is 0. The first-order valence-corrected chi connectivity index (χ1v) is 10.3. The fourth-order valence-electron chi connectivity index (χ4n) is 3.16. The Morgan fingerprint density at radius 1 is 1.21 bits per heavy atom. The summed E-state index contributed by atoms with van der Waals surface area (Å²) in [6.45, 7) is 6.06. The Morgan fingerprint density at radius 2 is 1.85 bits per heavy atom. The SMILES string of the molecule is Cc1nc(CN(C(=O)c2cc(C3CC3)nc3ccccc23)C(C)C)no1.O=C(O)C(F)(F)F. The van der Waals surface area contributed by atoms with E-state index < -0.39 is 12.1 Å². The molecule has 1 saturated carbocycles. The Labute approximate surface area is 187 Å². The number of amides is 1. The van der Waals surface area contributed by atoms with Crippen LogP contribution in [0.5, 0.6) is 0 Å². The standard InChI is InChI=1S/C20H22N4O2.C2HF3O2/c1-12(2)24(11-19-21-13(3)26-23-19)20(25)16-10-18(14-8-9-14)22-17-7-5-4-6-15(16)17;3-2(4,5)1(6)7/h4-7,10,12,14H,8-9,11H2,1-3H3;(H,6,7). The molecule has 3 aromatic rings. The fourth-order valence-corrected chi connectivity index (χ4v) is 3.16. The maximum Gasteiger partial charge on any atom is 0.490 e. The molecule has 1 N–H and O–H groups in total. The number of pyridine rings is 1. The Morgan fingerprint density at radius 3 is 2.36 bits per heavy atom. The first-order valence-electron chi connectivity index (χ1n) is 10.3. The molecule has 0 atom stereocenters. The van der Waals surface area contributed by atoms with Crippen LogP contribution in [0, 0.1) is 6.92 Å². The molecule has 0 saturated heterocycles. The van der Waals surface area contributed by atoms with Crippen LogP contribution in [-0.4, -0.2) is 49.2 Å². The fraction of sp³-hybridized carbons (Fsp3) is 0.409. The summed E-state index contributed by atoms with van der Waals surface area (Å²) in [6, 6.07) is 9.82. The molecule has 33 heavy (non-hydrogen) atoms. The van der Waals surface area contributed by atoms with E-state index in [2.05, 4.69) is 10.1 Å². The monoisotopic (exact) mass is 464 g/mol. The van der Waals surface area contributed by atoms with Crippen molar-refractivity contribution in [1.29, 1.82) is 0 Å². The maximum atomic E-state index is 13.4. The number of carboxylic acids is 1. The third-order valence-electron chi connectivity index (χ3n) is 4.97. The van der Waals surface area contributed by atoms with Crippen LogP contribution in [0.2, 0.25) is 0 Å². The van der Waals surface area contributed by atoms with Crippen molar-refractivity contribution in [3.63, 3.8) is 0 Å². The number of halogens is 3. The van der Waals surface area contributed by atoms with Gasteiger partial charge in [0.1, 0.15) is 0 Å². The van der Waals surface area contributed by atoms with Crippen molar-refractivity contribution >= 4 is 22.8 Å². The Hall–Kier alpha value is -3.50. The zero-order valence-electron chi connectivity index (χ0n) is 18.3. The number of para-hydroxylation sites is 1. The summed E-state index contributed by atoms with van der Waals surface area (Å²) in [6.07, 6.45) is -2.79. The van der Waals surface area contributed by atoms with Gasteiger partial charge >= 0.3 is 12.1 Å². The Bertz CT molecular complexity index is 1160. The molecule has 2 aromatic heterocycles. The van der Waals surface area contributed by atoms with Gasteiger partial charge in [-0.3, -0.25) is 9.78 Å². The molecule has 11 heteroatoms. The van der Waals surface area contributed by atoms with Gasteiger partial charge in [-0.15, -0.1) is 0 Å². The summed E-state index contributed by atoms with van der Waals surface area (Å²) < 4.78 is 36.8. The molecule has 2 heterocycles. The molecule has 4 rings (SSSR count). The molecule has 176 valence electrons. The van der Waals surface area contributed by atoms with Gasteiger partial charge in [-0.1, -0.05) is 23.4 Å². The molecular weight excluding hydrogens is 441 g/mol. The summed E-state index contributed by atoms with van der Waals surface area (Å²) in [4.78, 5) is 33.1. The molecule has 1 aromatic carbocycles. The number of carboxylic acid groups (broad SMARTS) is 1. The zero-order valence-corrected chi connectivity index (χ0v) is 18.3. The molecule has 0 bridgehead atoms. The van der Waals surface area contributed by atoms with Crippen molar-refractivity contribution in [3.8, 4) is 0 Å². The lowest BCUT2D eigenvalue weighted by molar-refractivity contribution is -0.192. The number of aliphatic carboxylic acids is 1. The number of nitrogens with zero attached hydrogens (tertiary/aromatic N) is 4. The van der Waals surface area contributed by atoms with E-state index in [-0.39, 0.29) is 11.9 Å². The van der Waals surface area contributed by atoms with Gasteiger partial charge < -0.3 is 14.5 Å². The summed E-state index contributed by atoms with van der Waals surface area (Å²) in [7, 11) is 0. The van der Waals surface area contributed by atoms with Crippen molar-refractivity contribution in [2.24, 2.45) is 0 Å². The van der Waals surface area contributed by atoms with Crippen LogP contribution in [0.4, 0.5) is 13.2 Å². The molecule has 8 nitrogen and oxygen atoms in total. The third kappa shape index (κ3) is 6.05. The number of aromatic nitrogens is 3. The van der Waals surface area contributed by atoms with Crippen LogP contribution < -0.4 is 0 Å². The second kappa shape index (κ2) is 9.55. The molecule has 0 radical (unpaired) electrons. The predicted octanol–water partition coefficient (Wildman–Crippen LogP) is 4.49. The van der Waals surface area contributed by atoms with E-state index >= 15 is 0 Å². The number of hydrogen-bond donors (Lipinski definition) is 1. The van der Waals surface area contributed by atoms with Crippen molar-refractivity contribution in [1.82, 2.24) is 20.0 Å². The zero-order chi connectivity index (χ0) is 24.3. The number of carbonyl (C=O) groups excluding carboxylic acids is 1. The summed E-state index contributed by atoms with van der Waals surface area (Å²) in [5, 5.41) is 12.0.